The fourth-order valence-electron chi connectivity index (χ4n) is 8.54. The normalized spacial score (nSPS) is 33.4. The summed E-state index contributed by atoms with van der Waals surface area (Å²) < 4.78 is 28.6. The van der Waals surface area contributed by atoms with Gasteiger partial charge < -0.3 is 34.7 Å². The van der Waals surface area contributed by atoms with Crippen molar-refractivity contribution in [2.75, 3.05) is 26.4 Å². The lowest BCUT2D eigenvalue weighted by molar-refractivity contribution is -0.757. The molecule has 3 N–H and O–H groups in total. The standard InChI is InChI=1S/C32H42FN3O15/c1-29-11-9-20(37)15-19(29)7-8-21-22-16-23(38)32(30(22,2)17-24(39)31(21,29)33,51-28(43)6-4-14-50-36(46)47)25(40)18-48-27(42)10-12-34-26(41)5-3-13-49-35(44)45/h7,9,11,21-24,38-39H,3-6,8,10,12-18H2,1-2H3,(H,34,41)/t21?,22?,23-,24+,29+,30+,31+,32+/m1/s1. The highest BCUT2D eigenvalue weighted by Crippen LogP contribution is 2.69. The SMILES string of the molecule is C[C@]12C=CC(=O)CC1=CCC1C3C[C@@H](O)[C@](OC(=O)CCCO[N+](=O)[O-])(C(=O)COC(=O)CCNC(=O)CCCO[N+](=O)[O-])[C@@]3(C)C[C@H](O)[C@@]12F. The van der Waals surface area contributed by atoms with Crippen LogP contribution >= 0.6 is 0 Å². The van der Waals surface area contributed by atoms with Crippen LogP contribution in [0.1, 0.15) is 71.6 Å². The molecule has 19 heteroatoms. The van der Waals surface area contributed by atoms with Gasteiger partial charge in [0.25, 0.3) is 10.2 Å². The Kier molecular flexibility index (Phi) is 11.8. The van der Waals surface area contributed by atoms with E-state index in [1.165, 1.54) is 19.1 Å². The monoisotopic (exact) mass is 727 g/mol. The first-order valence-electron chi connectivity index (χ1n) is 16.6. The quantitative estimate of drug-likeness (QED) is 0.0625. The second kappa shape index (κ2) is 15.4. The number of Topliss-reactive ketones (excluding diaryl/α,β-unsaturated/α-hetero) is 1. The number of ether oxygens (including phenoxy) is 2. The molecule has 4 rings (SSSR count). The van der Waals surface area contributed by atoms with Gasteiger partial charge in [0.05, 0.1) is 25.7 Å². The van der Waals surface area contributed by atoms with Crippen LogP contribution in [0.4, 0.5) is 4.39 Å². The number of ketones is 2. The van der Waals surface area contributed by atoms with E-state index in [2.05, 4.69) is 15.0 Å². The summed E-state index contributed by atoms with van der Waals surface area (Å²) in [6.07, 6.45) is -0.900. The number of hydrogen-bond donors (Lipinski definition) is 3. The predicted octanol–water partition coefficient (Wildman–Crippen LogP) is 1.21. The summed E-state index contributed by atoms with van der Waals surface area (Å²) in [5.74, 6) is -5.66. The predicted molar refractivity (Wildman–Crippen MR) is 167 cm³/mol. The van der Waals surface area contributed by atoms with Crippen LogP contribution in [0.15, 0.2) is 23.8 Å². The number of fused-ring (bicyclic) bond motifs is 5. The van der Waals surface area contributed by atoms with E-state index in [9.17, 15) is 54.4 Å². The Labute approximate surface area is 290 Å². The molecule has 51 heavy (non-hydrogen) atoms. The second-order valence-corrected chi connectivity index (χ2v) is 13.7. The molecule has 2 saturated carbocycles. The summed E-state index contributed by atoms with van der Waals surface area (Å²) in [6.45, 7) is 1.10. The molecule has 18 nitrogen and oxygen atoms in total. The van der Waals surface area contributed by atoms with Crippen molar-refractivity contribution in [3.63, 3.8) is 0 Å². The molecular formula is C32H42FN3O15. The highest BCUT2D eigenvalue weighted by atomic mass is 19.1. The van der Waals surface area contributed by atoms with E-state index in [-0.39, 0.29) is 57.5 Å². The van der Waals surface area contributed by atoms with Gasteiger partial charge in [-0.25, -0.2) is 4.39 Å². The molecule has 282 valence electrons. The summed E-state index contributed by atoms with van der Waals surface area (Å²) in [5.41, 5.74) is -7.26. The summed E-state index contributed by atoms with van der Waals surface area (Å²) >= 11 is 0. The summed E-state index contributed by atoms with van der Waals surface area (Å²) in [5, 5.41) is 44.4. The van der Waals surface area contributed by atoms with Crippen molar-refractivity contribution in [2.45, 2.75) is 95.1 Å². The molecule has 0 aromatic carbocycles. The van der Waals surface area contributed by atoms with E-state index in [1.54, 1.807) is 13.0 Å². The number of aliphatic hydroxyl groups excluding tert-OH is 2. The molecule has 0 aromatic rings. The van der Waals surface area contributed by atoms with Crippen molar-refractivity contribution in [3.05, 3.63) is 44.0 Å². The molecule has 4 aliphatic rings. The molecule has 1 amide bonds. The van der Waals surface area contributed by atoms with E-state index in [1.807, 2.05) is 0 Å². The Bertz CT molecular complexity index is 1500. The van der Waals surface area contributed by atoms with Gasteiger partial charge in [-0.3, -0.25) is 24.0 Å². The number of allylic oxidation sites excluding steroid dienone is 4. The van der Waals surface area contributed by atoms with Crippen LogP contribution in [0.5, 0.6) is 0 Å². The topological polar surface area (TPSA) is 261 Å². The molecule has 0 aliphatic heterocycles. The fourth-order valence-corrected chi connectivity index (χ4v) is 8.54. The molecule has 0 bridgehead atoms. The largest absolute Gasteiger partial charge is 0.457 e. The molecule has 2 unspecified atom stereocenters. The van der Waals surface area contributed by atoms with Gasteiger partial charge in [-0.1, -0.05) is 24.6 Å². The number of carbonyl (C=O) groups excluding carboxylic acids is 5. The first-order valence-corrected chi connectivity index (χ1v) is 16.6. The maximum atomic E-state index is 17.6. The van der Waals surface area contributed by atoms with E-state index in [0.717, 1.165) is 0 Å². The molecular weight excluding hydrogens is 685 g/mol. The Morgan fingerprint density at radius 1 is 0.980 bits per heavy atom. The molecule has 8 atom stereocenters. The van der Waals surface area contributed by atoms with Gasteiger partial charge in [-0.05, 0) is 51.0 Å². The van der Waals surface area contributed by atoms with Crippen LogP contribution in [-0.4, -0.2) is 99.6 Å². The highest BCUT2D eigenvalue weighted by molar-refractivity contribution is 5.95. The zero-order valence-corrected chi connectivity index (χ0v) is 28.2. The number of halogens is 1. The maximum Gasteiger partial charge on any atom is 0.308 e. The lowest BCUT2D eigenvalue weighted by Crippen LogP contribution is -2.70. The number of hydrogen-bond acceptors (Lipinski definition) is 15. The van der Waals surface area contributed by atoms with Crippen molar-refractivity contribution in [2.24, 2.45) is 22.7 Å². The Morgan fingerprint density at radius 2 is 1.63 bits per heavy atom. The Morgan fingerprint density at radius 3 is 2.27 bits per heavy atom. The third kappa shape index (κ3) is 7.44. The molecule has 0 aromatic heterocycles. The number of rotatable bonds is 17. The second-order valence-electron chi connectivity index (χ2n) is 13.7. The number of esters is 2. The summed E-state index contributed by atoms with van der Waals surface area (Å²) in [7, 11) is 0. The van der Waals surface area contributed by atoms with Crippen LogP contribution < -0.4 is 5.32 Å². The lowest BCUT2D eigenvalue weighted by Gasteiger charge is -2.62. The van der Waals surface area contributed by atoms with Crippen LogP contribution in [0.2, 0.25) is 0 Å². The molecule has 0 heterocycles. The fraction of sp³-hybridized carbons (Fsp3) is 0.719. The summed E-state index contributed by atoms with van der Waals surface area (Å²) in [6, 6.07) is 0. The smallest absolute Gasteiger partial charge is 0.308 e. The van der Waals surface area contributed by atoms with Gasteiger partial charge in [0, 0.05) is 42.6 Å². The van der Waals surface area contributed by atoms with E-state index < -0.39 is 112 Å². The number of nitrogens with zero attached hydrogens (tertiary/aromatic N) is 2. The third-order valence-corrected chi connectivity index (χ3v) is 11.0. The van der Waals surface area contributed by atoms with Gasteiger partial charge in [-0.15, -0.1) is 20.2 Å². The molecule has 4 aliphatic carbocycles. The molecule has 0 spiro atoms. The maximum absolute atomic E-state index is 17.6. The van der Waals surface area contributed by atoms with Gasteiger partial charge >= 0.3 is 11.9 Å². The average Bonchev–Trinajstić information content (AvgIpc) is 3.27. The van der Waals surface area contributed by atoms with Gasteiger partial charge in [-0.2, -0.15) is 0 Å². The minimum atomic E-state index is -2.44. The van der Waals surface area contributed by atoms with Gasteiger partial charge in [0.2, 0.25) is 17.3 Å². The van der Waals surface area contributed by atoms with E-state index in [0.29, 0.717) is 5.57 Å². The average molecular weight is 728 g/mol. The minimum absolute atomic E-state index is 0.0309. The van der Waals surface area contributed by atoms with Crippen molar-refractivity contribution in [1.82, 2.24) is 5.32 Å². The number of carbonyl (C=O) groups is 5. The van der Waals surface area contributed by atoms with E-state index in [4.69, 9.17) is 9.47 Å². The van der Waals surface area contributed by atoms with Crippen LogP contribution in [0.25, 0.3) is 0 Å². The minimum Gasteiger partial charge on any atom is -0.457 e. The third-order valence-electron chi connectivity index (χ3n) is 11.0. The number of alkyl halides is 1. The van der Waals surface area contributed by atoms with Crippen LogP contribution in [0, 0.1) is 42.9 Å². The van der Waals surface area contributed by atoms with Crippen molar-refractivity contribution in [3.8, 4) is 0 Å². The van der Waals surface area contributed by atoms with Crippen LogP contribution in [0.3, 0.4) is 0 Å². The summed E-state index contributed by atoms with van der Waals surface area (Å²) in [4.78, 5) is 93.1. The van der Waals surface area contributed by atoms with Crippen molar-refractivity contribution in [1.29, 1.82) is 0 Å². The van der Waals surface area contributed by atoms with Crippen molar-refractivity contribution < 1.29 is 67.9 Å². The first kappa shape index (κ1) is 39.3. The molecule has 0 saturated heterocycles. The Balaban J connectivity index is 1.53. The molecule has 2 fully saturated rings. The van der Waals surface area contributed by atoms with Crippen LogP contribution in [-0.2, 0) is 43.1 Å². The zero-order valence-electron chi connectivity index (χ0n) is 28.2. The van der Waals surface area contributed by atoms with Gasteiger partial charge in [0.1, 0.15) is 6.10 Å². The van der Waals surface area contributed by atoms with Crippen molar-refractivity contribution >= 4 is 29.4 Å². The lowest BCUT2D eigenvalue weighted by atomic mass is 9.45. The molecule has 0 radical (unpaired) electrons. The van der Waals surface area contributed by atoms with E-state index >= 15 is 4.39 Å². The first-order chi connectivity index (χ1) is 23.9. The Hall–Kier alpha value is -4.52. The highest BCUT2D eigenvalue weighted by Gasteiger charge is 2.77. The number of amides is 1. The zero-order chi connectivity index (χ0) is 37.8. The number of nitrogens with one attached hydrogen (secondary N) is 1. The van der Waals surface area contributed by atoms with Gasteiger partial charge in [0.15, 0.2) is 18.1 Å². The number of aliphatic hydroxyl groups is 2.